The SMILES string of the molecule is C=CC[C@H](c1cc(Br)c(F)c(F)c1O)N1CCNCC1.Cl.Cl. The van der Waals surface area contributed by atoms with Crippen LogP contribution < -0.4 is 5.32 Å². The molecule has 0 aliphatic carbocycles. The summed E-state index contributed by atoms with van der Waals surface area (Å²) in [5.74, 6) is -2.89. The number of phenols is 1. The summed E-state index contributed by atoms with van der Waals surface area (Å²) in [6.07, 6.45) is 2.28. The molecule has 0 unspecified atom stereocenters. The standard InChI is InChI=1S/C14H17BrF2N2O.2ClH/c1-2-3-11(19-6-4-18-5-7-19)9-8-10(15)12(16)13(17)14(9)20;;/h2,8,11,18,20H,1,3-7H2;2*1H/t11-;;/m1../s1. The largest absolute Gasteiger partial charge is 0.505 e. The fraction of sp³-hybridized carbons (Fsp3) is 0.429. The molecule has 8 heteroatoms. The fourth-order valence-electron chi connectivity index (χ4n) is 2.48. The van der Waals surface area contributed by atoms with Crippen LogP contribution in [0.4, 0.5) is 8.78 Å². The molecule has 1 aromatic rings. The lowest BCUT2D eigenvalue weighted by Crippen LogP contribution is -2.45. The van der Waals surface area contributed by atoms with Crippen LogP contribution in [-0.2, 0) is 0 Å². The molecular weight excluding hydrogens is 401 g/mol. The highest BCUT2D eigenvalue weighted by Gasteiger charge is 2.27. The first-order valence-corrected chi connectivity index (χ1v) is 7.27. The summed E-state index contributed by atoms with van der Waals surface area (Å²) in [5, 5.41) is 13.2. The molecular formula is C14H19BrCl2F2N2O. The van der Waals surface area contributed by atoms with Gasteiger partial charge in [0.2, 0.25) is 5.82 Å². The number of hydrogen-bond donors (Lipinski definition) is 2. The van der Waals surface area contributed by atoms with E-state index in [0.29, 0.717) is 12.0 Å². The van der Waals surface area contributed by atoms with E-state index in [0.717, 1.165) is 26.2 Å². The van der Waals surface area contributed by atoms with E-state index in [2.05, 4.69) is 32.7 Å². The molecule has 22 heavy (non-hydrogen) atoms. The first-order chi connectivity index (χ1) is 9.56. The average Bonchev–Trinajstić information content (AvgIpc) is 2.47. The smallest absolute Gasteiger partial charge is 0.201 e. The predicted octanol–water partition coefficient (Wildman–Crippen LogP) is 3.80. The minimum absolute atomic E-state index is 0. The zero-order valence-electron chi connectivity index (χ0n) is 11.8. The lowest BCUT2D eigenvalue weighted by atomic mass is 9.99. The van der Waals surface area contributed by atoms with Crippen molar-refractivity contribution in [2.45, 2.75) is 12.5 Å². The first kappa shape index (κ1) is 21.6. The molecule has 3 nitrogen and oxygen atoms in total. The number of halogens is 5. The Morgan fingerprint density at radius 3 is 2.45 bits per heavy atom. The van der Waals surface area contributed by atoms with Gasteiger partial charge in [0.15, 0.2) is 11.6 Å². The highest BCUT2D eigenvalue weighted by Crippen LogP contribution is 2.37. The monoisotopic (exact) mass is 418 g/mol. The number of phenolic OH excluding ortho intramolecular Hbond substituents is 1. The Kier molecular flexibility index (Phi) is 9.50. The molecule has 1 aliphatic heterocycles. The number of piperazine rings is 1. The molecule has 1 aliphatic rings. The maximum absolute atomic E-state index is 13.7. The normalized spacial score (nSPS) is 16.3. The van der Waals surface area contributed by atoms with Crippen molar-refractivity contribution >= 4 is 40.7 Å². The highest BCUT2D eigenvalue weighted by atomic mass is 79.9. The average molecular weight is 420 g/mol. The third-order valence-corrected chi connectivity index (χ3v) is 4.08. The van der Waals surface area contributed by atoms with Crippen molar-refractivity contribution in [1.29, 1.82) is 0 Å². The fourth-order valence-corrected chi connectivity index (χ4v) is 2.90. The Bertz CT molecular complexity index is 514. The predicted molar refractivity (Wildman–Crippen MR) is 92.2 cm³/mol. The molecule has 0 amide bonds. The van der Waals surface area contributed by atoms with Crippen molar-refractivity contribution in [1.82, 2.24) is 10.2 Å². The first-order valence-electron chi connectivity index (χ1n) is 6.48. The van der Waals surface area contributed by atoms with Crippen molar-refractivity contribution in [3.05, 3.63) is 40.4 Å². The zero-order chi connectivity index (χ0) is 14.7. The second kappa shape index (κ2) is 9.67. The molecule has 1 heterocycles. The van der Waals surface area contributed by atoms with Crippen molar-refractivity contribution in [3.8, 4) is 5.75 Å². The number of nitrogens with one attached hydrogen (secondary N) is 1. The topological polar surface area (TPSA) is 35.5 Å². The molecule has 0 radical (unpaired) electrons. The summed E-state index contributed by atoms with van der Waals surface area (Å²) in [7, 11) is 0. The molecule has 0 bridgehead atoms. The minimum Gasteiger partial charge on any atom is -0.505 e. The molecule has 1 aromatic carbocycles. The van der Waals surface area contributed by atoms with Gasteiger partial charge in [0.25, 0.3) is 0 Å². The number of rotatable bonds is 4. The van der Waals surface area contributed by atoms with Gasteiger partial charge in [0.1, 0.15) is 0 Å². The van der Waals surface area contributed by atoms with Crippen molar-refractivity contribution in [3.63, 3.8) is 0 Å². The van der Waals surface area contributed by atoms with E-state index in [-0.39, 0.29) is 35.3 Å². The van der Waals surface area contributed by atoms with Crippen molar-refractivity contribution in [2.24, 2.45) is 0 Å². The summed E-state index contributed by atoms with van der Waals surface area (Å²) in [4.78, 5) is 2.14. The van der Waals surface area contributed by atoms with E-state index in [4.69, 9.17) is 0 Å². The van der Waals surface area contributed by atoms with Gasteiger partial charge in [-0.3, -0.25) is 4.90 Å². The van der Waals surface area contributed by atoms with Gasteiger partial charge in [-0.1, -0.05) is 6.08 Å². The second-order valence-corrected chi connectivity index (χ2v) is 5.60. The van der Waals surface area contributed by atoms with Crippen molar-refractivity contribution < 1.29 is 13.9 Å². The van der Waals surface area contributed by atoms with Gasteiger partial charge in [0.05, 0.1) is 4.47 Å². The molecule has 2 rings (SSSR count). The van der Waals surface area contributed by atoms with Crippen LogP contribution in [0, 0.1) is 11.6 Å². The van der Waals surface area contributed by atoms with Gasteiger partial charge in [-0.05, 0) is 28.4 Å². The van der Waals surface area contributed by atoms with E-state index < -0.39 is 17.4 Å². The van der Waals surface area contributed by atoms with Crippen LogP contribution in [0.1, 0.15) is 18.0 Å². The van der Waals surface area contributed by atoms with E-state index in [1.807, 2.05) is 0 Å². The molecule has 126 valence electrons. The summed E-state index contributed by atoms with van der Waals surface area (Å²) in [6, 6.07) is 1.24. The Labute approximate surface area is 149 Å². The van der Waals surface area contributed by atoms with Gasteiger partial charge in [-0.15, -0.1) is 31.4 Å². The summed E-state index contributed by atoms with van der Waals surface area (Å²) < 4.78 is 27.2. The van der Waals surface area contributed by atoms with Crippen LogP contribution in [0.15, 0.2) is 23.2 Å². The van der Waals surface area contributed by atoms with Gasteiger partial charge in [-0.2, -0.15) is 4.39 Å². The molecule has 0 aromatic heterocycles. The zero-order valence-corrected chi connectivity index (χ0v) is 15.0. The van der Waals surface area contributed by atoms with Gasteiger partial charge in [-0.25, -0.2) is 4.39 Å². The molecule has 1 fully saturated rings. The van der Waals surface area contributed by atoms with E-state index in [1.54, 1.807) is 6.08 Å². The second-order valence-electron chi connectivity index (χ2n) is 4.75. The van der Waals surface area contributed by atoms with E-state index in [9.17, 15) is 13.9 Å². The summed E-state index contributed by atoms with van der Waals surface area (Å²) in [6.45, 7) is 6.95. The maximum atomic E-state index is 13.7. The number of nitrogens with zero attached hydrogens (tertiary/aromatic N) is 1. The van der Waals surface area contributed by atoms with Crippen LogP contribution in [0.25, 0.3) is 0 Å². The third kappa shape index (κ3) is 4.55. The molecule has 0 spiro atoms. The Balaban J connectivity index is 0.00000220. The quantitative estimate of drug-likeness (QED) is 0.575. The van der Waals surface area contributed by atoms with Gasteiger partial charge in [0, 0.05) is 37.8 Å². The van der Waals surface area contributed by atoms with Crippen LogP contribution >= 0.6 is 40.7 Å². The van der Waals surface area contributed by atoms with Crippen LogP contribution in [0.2, 0.25) is 0 Å². The Hall–Kier alpha value is -0.400. The minimum atomic E-state index is -1.21. The number of benzene rings is 1. The van der Waals surface area contributed by atoms with Crippen LogP contribution in [-0.4, -0.2) is 36.2 Å². The number of aromatic hydroxyl groups is 1. The molecule has 2 N–H and O–H groups in total. The van der Waals surface area contributed by atoms with Crippen LogP contribution in [0.3, 0.4) is 0 Å². The third-order valence-electron chi connectivity index (χ3n) is 3.51. The van der Waals surface area contributed by atoms with E-state index >= 15 is 0 Å². The van der Waals surface area contributed by atoms with Crippen molar-refractivity contribution in [2.75, 3.05) is 26.2 Å². The highest BCUT2D eigenvalue weighted by molar-refractivity contribution is 9.10. The Morgan fingerprint density at radius 1 is 1.32 bits per heavy atom. The summed E-state index contributed by atoms with van der Waals surface area (Å²) >= 11 is 2.99. The van der Waals surface area contributed by atoms with Gasteiger partial charge >= 0.3 is 0 Å². The van der Waals surface area contributed by atoms with Crippen LogP contribution in [0.5, 0.6) is 5.75 Å². The number of hydrogen-bond acceptors (Lipinski definition) is 3. The summed E-state index contributed by atoms with van der Waals surface area (Å²) in [5.41, 5.74) is 0.387. The molecule has 0 saturated carbocycles. The van der Waals surface area contributed by atoms with E-state index in [1.165, 1.54) is 6.07 Å². The molecule has 1 saturated heterocycles. The maximum Gasteiger partial charge on any atom is 0.201 e. The Morgan fingerprint density at radius 2 is 1.91 bits per heavy atom. The molecule has 1 atom stereocenters. The lowest BCUT2D eigenvalue weighted by molar-refractivity contribution is 0.171. The lowest BCUT2D eigenvalue weighted by Gasteiger charge is -2.35. The van der Waals surface area contributed by atoms with Gasteiger partial charge < -0.3 is 10.4 Å².